The number of carbonyl (C=O) groups is 2. The molecule has 4 N–H and O–H groups in total. The first-order valence-electron chi connectivity index (χ1n) is 10.8. The number of hydrogen-bond donors (Lipinski definition) is 3. The molecule has 4 aromatic rings. The summed E-state index contributed by atoms with van der Waals surface area (Å²) in [5, 5.41) is 6.06. The number of pyridine rings is 1. The Morgan fingerprint density at radius 3 is 2.55 bits per heavy atom. The van der Waals surface area contributed by atoms with Gasteiger partial charge in [-0.1, -0.05) is 25.0 Å². The molecule has 9 nitrogen and oxygen atoms in total. The standard InChI is InChI=1S/C24H23N7O2/c25-22-20-19(13-31(18-6-1-2-7-18)23(20)28-14-27-22)21(32)15-4-3-5-17(12-15)30-24(33)29-16-8-10-26-11-9-16/h3-5,8-14,18H,1-2,6-7H2,(H2,25,27,28)(H2,26,29,30,33). The molecule has 166 valence electrons. The summed E-state index contributed by atoms with van der Waals surface area (Å²) in [5.74, 6) is 0.0857. The van der Waals surface area contributed by atoms with Crippen molar-refractivity contribution in [3.05, 3.63) is 72.4 Å². The van der Waals surface area contributed by atoms with Crippen molar-refractivity contribution >= 4 is 40.0 Å². The lowest BCUT2D eigenvalue weighted by molar-refractivity contribution is 0.104. The number of anilines is 3. The average Bonchev–Trinajstić information content (AvgIpc) is 3.48. The van der Waals surface area contributed by atoms with Crippen molar-refractivity contribution in [1.29, 1.82) is 0 Å². The number of amides is 2. The van der Waals surface area contributed by atoms with Crippen molar-refractivity contribution in [3.63, 3.8) is 0 Å². The van der Waals surface area contributed by atoms with E-state index in [4.69, 9.17) is 5.73 Å². The molecule has 3 aromatic heterocycles. The van der Waals surface area contributed by atoms with Crippen LogP contribution in [-0.4, -0.2) is 31.3 Å². The molecule has 0 saturated heterocycles. The Morgan fingerprint density at radius 2 is 1.76 bits per heavy atom. The molecular weight excluding hydrogens is 418 g/mol. The SMILES string of the molecule is Nc1ncnc2c1c(C(=O)c1cccc(NC(=O)Nc3ccncc3)c1)cn2C1CCCC1. The summed E-state index contributed by atoms with van der Waals surface area (Å²) < 4.78 is 2.07. The summed E-state index contributed by atoms with van der Waals surface area (Å²) in [6, 6.07) is 10.1. The minimum Gasteiger partial charge on any atom is -0.383 e. The first-order valence-corrected chi connectivity index (χ1v) is 10.8. The number of ketones is 1. The van der Waals surface area contributed by atoms with E-state index in [-0.39, 0.29) is 11.6 Å². The molecule has 0 spiro atoms. The Kier molecular flexibility index (Phi) is 5.43. The highest BCUT2D eigenvalue weighted by molar-refractivity contribution is 6.18. The molecule has 3 heterocycles. The van der Waals surface area contributed by atoms with Crippen LogP contribution in [0.5, 0.6) is 0 Å². The zero-order valence-corrected chi connectivity index (χ0v) is 17.9. The van der Waals surface area contributed by atoms with Crippen LogP contribution in [0.4, 0.5) is 22.0 Å². The molecule has 0 bridgehead atoms. The number of fused-ring (bicyclic) bond motifs is 1. The fourth-order valence-corrected chi connectivity index (χ4v) is 4.36. The third kappa shape index (κ3) is 4.12. The van der Waals surface area contributed by atoms with Crippen LogP contribution in [0.1, 0.15) is 47.6 Å². The lowest BCUT2D eigenvalue weighted by Gasteiger charge is -2.12. The van der Waals surface area contributed by atoms with Crippen molar-refractivity contribution < 1.29 is 9.59 Å². The van der Waals surface area contributed by atoms with Gasteiger partial charge in [0.05, 0.1) is 10.9 Å². The molecule has 5 rings (SSSR count). The third-order valence-electron chi connectivity index (χ3n) is 5.92. The first-order chi connectivity index (χ1) is 16.1. The van der Waals surface area contributed by atoms with Crippen molar-refractivity contribution in [1.82, 2.24) is 19.5 Å². The second-order valence-corrected chi connectivity index (χ2v) is 8.07. The molecule has 0 aliphatic heterocycles. The number of nitrogen functional groups attached to an aromatic ring is 1. The van der Waals surface area contributed by atoms with Crippen LogP contribution in [0.15, 0.2) is 61.3 Å². The Morgan fingerprint density at radius 1 is 1.00 bits per heavy atom. The molecule has 1 aliphatic rings. The average molecular weight is 441 g/mol. The molecule has 1 aliphatic carbocycles. The van der Waals surface area contributed by atoms with Gasteiger partial charge >= 0.3 is 6.03 Å². The van der Waals surface area contributed by atoms with Crippen LogP contribution >= 0.6 is 0 Å². The molecule has 1 saturated carbocycles. The van der Waals surface area contributed by atoms with Crippen LogP contribution in [0.25, 0.3) is 11.0 Å². The number of nitrogens with one attached hydrogen (secondary N) is 2. The van der Waals surface area contributed by atoms with Crippen molar-refractivity contribution in [2.45, 2.75) is 31.7 Å². The Labute approximate surface area is 190 Å². The van der Waals surface area contributed by atoms with E-state index in [1.54, 1.807) is 48.8 Å². The van der Waals surface area contributed by atoms with Crippen LogP contribution in [-0.2, 0) is 0 Å². The highest BCUT2D eigenvalue weighted by Crippen LogP contribution is 2.35. The Hall–Kier alpha value is -4.27. The van der Waals surface area contributed by atoms with Gasteiger partial charge in [0.2, 0.25) is 0 Å². The number of aromatic nitrogens is 4. The van der Waals surface area contributed by atoms with Gasteiger partial charge < -0.3 is 20.9 Å². The molecule has 2 amide bonds. The van der Waals surface area contributed by atoms with E-state index in [1.807, 2.05) is 6.20 Å². The monoisotopic (exact) mass is 441 g/mol. The quantitative estimate of drug-likeness (QED) is 0.394. The smallest absolute Gasteiger partial charge is 0.323 e. The summed E-state index contributed by atoms with van der Waals surface area (Å²) in [7, 11) is 0. The van der Waals surface area contributed by atoms with E-state index in [9.17, 15) is 9.59 Å². The molecule has 33 heavy (non-hydrogen) atoms. The predicted octanol–water partition coefficient (Wildman–Crippen LogP) is 4.40. The molecule has 9 heteroatoms. The summed E-state index contributed by atoms with van der Waals surface area (Å²) in [6.45, 7) is 0. The molecule has 0 radical (unpaired) electrons. The maximum absolute atomic E-state index is 13.5. The summed E-state index contributed by atoms with van der Waals surface area (Å²) in [6.07, 6.45) is 10.9. The van der Waals surface area contributed by atoms with Gasteiger partial charge in [0.1, 0.15) is 17.8 Å². The molecule has 0 atom stereocenters. The number of nitrogens with zero attached hydrogens (tertiary/aromatic N) is 4. The lowest BCUT2D eigenvalue weighted by Crippen LogP contribution is -2.19. The highest BCUT2D eigenvalue weighted by atomic mass is 16.2. The molecule has 0 unspecified atom stereocenters. The van der Waals surface area contributed by atoms with Gasteiger partial charge in [0.25, 0.3) is 0 Å². The van der Waals surface area contributed by atoms with E-state index in [1.165, 1.54) is 6.33 Å². The minimum absolute atomic E-state index is 0.198. The van der Waals surface area contributed by atoms with E-state index < -0.39 is 6.03 Å². The van der Waals surface area contributed by atoms with E-state index in [0.717, 1.165) is 25.7 Å². The van der Waals surface area contributed by atoms with Gasteiger partial charge in [-0.3, -0.25) is 9.78 Å². The fourth-order valence-electron chi connectivity index (χ4n) is 4.36. The molecular formula is C24H23N7O2. The zero-order chi connectivity index (χ0) is 22.8. The van der Waals surface area contributed by atoms with E-state index in [0.29, 0.717) is 39.6 Å². The van der Waals surface area contributed by atoms with Gasteiger partial charge in [-0.05, 0) is 37.1 Å². The van der Waals surface area contributed by atoms with Crippen molar-refractivity contribution in [2.75, 3.05) is 16.4 Å². The van der Waals surface area contributed by atoms with Gasteiger partial charge in [0, 0.05) is 41.6 Å². The number of nitrogens with two attached hydrogens (primary N) is 1. The number of hydrogen-bond acceptors (Lipinski definition) is 6. The van der Waals surface area contributed by atoms with Crippen LogP contribution < -0.4 is 16.4 Å². The van der Waals surface area contributed by atoms with Crippen LogP contribution in [0.2, 0.25) is 0 Å². The summed E-state index contributed by atoms with van der Waals surface area (Å²) in [4.78, 5) is 38.3. The van der Waals surface area contributed by atoms with E-state index >= 15 is 0 Å². The topological polar surface area (TPSA) is 128 Å². The first kappa shape index (κ1) is 20.6. The van der Waals surface area contributed by atoms with Crippen molar-refractivity contribution in [2.24, 2.45) is 0 Å². The van der Waals surface area contributed by atoms with Gasteiger partial charge in [-0.2, -0.15) is 0 Å². The minimum atomic E-state index is -0.415. The fraction of sp³-hybridized carbons (Fsp3) is 0.208. The Balaban J connectivity index is 1.44. The highest BCUT2D eigenvalue weighted by Gasteiger charge is 2.25. The number of benzene rings is 1. The maximum atomic E-state index is 13.5. The third-order valence-corrected chi connectivity index (χ3v) is 5.92. The molecule has 1 fully saturated rings. The van der Waals surface area contributed by atoms with Crippen molar-refractivity contribution in [3.8, 4) is 0 Å². The lowest BCUT2D eigenvalue weighted by atomic mass is 10.0. The zero-order valence-electron chi connectivity index (χ0n) is 17.9. The maximum Gasteiger partial charge on any atom is 0.323 e. The van der Waals surface area contributed by atoms with Gasteiger partial charge in [-0.25, -0.2) is 14.8 Å². The van der Waals surface area contributed by atoms with Crippen LogP contribution in [0, 0.1) is 0 Å². The predicted molar refractivity (Wildman–Crippen MR) is 126 cm³/mol. The molecule has 1 aromatic carbocycles. The largest absolute Gasteiger partial charge is 0.383 e. The van der Waals surface area contributed by atoms with Crippen LogP contribution in [0.3, 0.4) is 0 Å². The summed E-state index contributed by atoms with van der Waals surface area (Å²) >= 11 is 0. The number of urea groups is 1. The normalized spacial score (nSPS) is 13.8. The Bertz CT molecular complexity index is 1330. The summed E-state index contributed by atoms with van der Waals surface area (Å²) in [5.41, 5.74) is 8.87. The second-order valence-electron chi connectivity index (χ2n) is 8.07. The number of carbonyl (C=O) groups excluding carboxylic acids is 2. The number of rotatable bonds is 5. The van der Waals surface area contributed by atoms with Gasteiger partial charge in [0.15, 0.2) is 5.78 Å². The van der Waals surface area contributed by atoms with E-state index in [2.05, 4.69) is 30.2 Å². The van der Waals surface area contributed by atoms with Gasteiger partial charge in [-0.15, -0.1) is 0 Å². The second kappa shape index (κ2) is 8.70.